The number of aromatic nitrogens is 1. The van der Waals surface area contributed by atoms with E-state index >= 15 is 0 Å². The van der Waals surface area contributed by atoms with Crippen LogP contribution in [0.3, 0.4) is 0 Å². The van der Waals surface area contributed by atoms with Crippen molar-refractivity contribution in [1.82, 2.24) is 15.6 Å². The zero-order chi connectivity index (χ0) is 22.0. The van der Waals surface area contributed by atoms with Gasteiger partial charge in [-0.05, 0) is 24.6 Å². The highest BCUT2D eigenvalue weighted by Gasteiger charge is 2.28. The Morgan fingerprint density at radius 1 is 1.16 bits per heavy atom. The van der Waals surface area contributed by atoms with Gasteiger partial charge in [-0.15, -0.1) is 24.0 Å². The van der Waals surface area contributed by atoms with E-state index in [0.29, 0.717) is 30.5 Å². The van der Waals surface area contributed by atoms with Gasteiger partial charge < -0.3 is 24.8 Å². The zero-order valence-electron chi connectivity index (χ0n) is 17.4. The number of hydrogen-bond acceptors (Lipinski definition) is 5. The quantitative estimate of drug-likeness (QED) is 0.279. The van der Waals surface area contributed by atoms with Crippen molar-refractivity contribution in [2.24, 2.45) is 4.99 Å². The lowest BCUT2D eigenvalue weighted by molar-refractivity contribution is -0.154. The van der Waals surface area contributed by atoms with Crippen LogP contribution in [0.15, 0.2) is 47.6 Å². The normalized spacial score (nSPS) is 12.4. The van der Waals surface area contributed by atoms with Crippen LogP contribution in [0.25, 0.3) is 0 Å². The Labute approximate surface area is 196 Å². The van der Waals surface area contributed by atoms with Gasteiger partial charge >= 0.3 is 6.18 Å². The minimum atomic E-state index is -4.40. The van der Waals surface area contributed by atoms with Crippen molar-refractivity contribution < 1.29 is 27.4 Å². The number of hydrogen-bond donors (Lipinski definition) is 2. The minimum Gasteiger partial charge on any atom is -0.497 e. The van der Waals surface area contributed by atoms with Crippen LogP contribution in [-0.2, 0) is 6.54 Å². The van der Waals surface area contributed by atoms with Gasteiger partial charge in [0.25, 0.3) is 0 Å². The van der Waals surface area contributed by atoms with E-state index in [0.717, 1.165) is 5.56 Å². The average molecular weight is 554 g/mol. The van der Waals surface area contributed by atoms with Crippen molar-refractivity contribution >= 4 is 29.9 Å². The molecule has 0 saturated carbocycles. The maximum atomic E-state index is 12.2. The summed E-state index contributed by atoms with van der Waals surface area (Å²) in [4.78, 5) is 8.00. The summed E-state index contributed by atoms with van der Waals surface area (Å²) in [5.74, 6) is 1.88. The summed E-state index contributed by atoms with van der Waals surface area (Å²) in [5.41, 5.74) is 0.762. The Balaban J connectivity index is 0.00000480. The summed E-state index contributed by atoms with van der Waals surface area (Å²) in [5, 5.41) is 6.25. The second-order valence-corrected chi connectivity index (χ2v) is 6.32. The van der Waals surface area contributed by atoms with Crippen LogP contribution >= 0.6 is 24.0 Å². The van der Waals surface area contributed by atoms with Crippen LogP contribution < -0.4 is 24.8 Å². The number of pyridine rings is 1. The predicted molar refractivity (Wildman–Crippen MR) is 122 cm³/mol. The molecule has 0 aliphatic heterocycles. The monoisotopic (exact) mass is 554 g/mol. The highest BCUT2D eigenvalue weighted by Crippen LogP contribution is 2.20. The standard InChI is InChI=1S/C20H25F3N4O3.HI/c1-14(30-17-6-4-5-16(9-17)28-3)10-26-19(24-2)27-12-15-7-8-18(25-11-15)29-13-20(21,22)23;/h4-9,11,14H,10,12-13H2,1-3H3,(H2,24,26,27);1H. The van der Waals surface area contributed by atoms with E-state index in [1.54, 1.807) is 26.3 Å². The molecule has 1 aromatic heterocycles. The van der Waals surface area contributed by atoms with Crippen LogP contribution in [0.2, 0.25) is 0 Å². The predicted octanol–water partition coefficient (Wildman–Crippen LogP) is 3.78. The molecule has 0 amide bonds. The molecule has 2 N–H and O–H groups in total. The van der Waals surface area contributed by atoms with E-state index in [9.17, 15) is 13.2 Å². The van der Waals surface area contributed by atoms with Crippen LogP contribution in [0.5, 0.6) is 17.4 Å². The number of benzene rings is 1. The molecule has 0 aliphatic rings. The van der Waals surface area contributed by atoms with Gasteiger partial charge in [0.15, 0.2) is 12.6 Å². The van der Waals surface area contributed by atoms with E-state index in [4.69, 9.17) is 9.47 Å². The van der Waals surface area contributed by atoms with Crippen LogP contribution in [0.4, 0.5) is 13.2 Å². The molecule has 0 fully saturated rings. The smallest absolute Gasteiger partial charge is 0.422 e. The van der Waals surface area contributed by atoms with Gasteiger partial charge in [0.05, 0.1) is 13.7 Å². The fourth-order valence-corrected chi connectivity index (χ4v) is 2.35. The number of alkyl halides is 3. The molecule has 0 spiro atoms. The Kier molecular flexibility index (Phi) is 11.2. The minimum absolute atomic E-state index is 0. The van der Waals surface area contributed by atoms with Gasteiger partial charge in [0.1, 0.15) is 17.6 Å². The third kappa shape index (κ3) is 10.4. The Morgan fingerprint density at radius 3 is 2.52 bits per heavy atom. The molecule has 0 bridgehead atoms. The average Bonchev–Trinajstić information content (AvgIpc) is 2.72. The fourth-order valence-electron chi connectivity index (χ4n) is 2.35. The maximum Gasteiger partial charge on any atom is 0.422 e. The van der Waals surface area contributed by atoms with Gasteiger partial charge in [0, 0.05) is 31.9 Å². The van der Waals surface area contributed by atoms with Crippen molar-refractivity contribution in [3.63, 3.8) is 0 Å². The Hall–Kier alpha value is -2.44. The lowest BCUT2D eigenvalue weighted by Crippen LogP contribution is -2.41. The molecule has 2 aromatic rings. The van der Waals surface area contributed by atoms with E-state index in [1.807, 2.05) is 25.1 Å². The number of halogens is 4. The Morgan fingerprint density at radius 2 is 1.90 bits per heavy atom. The summed E-state index contributed by atoms with van der Waals surface area (Å²) in [6.07, 6.45) is -3.09. The number of aliphatic imine (C=N–C) groups is 1. The number of nitrogens with zero attached hydrogens (tertiary/aromatic N) is 2. The van der Waals surface area contributed by atoms with Gasteiger partial charge in [-0.3, -0.25) is 4.99 Å². The lowest BCUT2D eigenvalue weighted by Gasteiger charge is -2.18. The van der Waals surface area contributed by atoms with Crippen molar-refractivity contribution in [3.05, 3.63) is 48.2 Å². The van der Waals surface area contributed by atoms with E-state index in [-0.39, 0.29) is 36.0 Å². The van der Waals surface area contributed by atoms with Gasteiger partial charge in [-0.2, -0.15) is 13.2 Å². The molecule has 1 heterocycles. The second kappa shape index (κ2) is 13.1. The fraction of sp³-hybridized carbons (Fsp3) is 0.400. The first kappa shape index (κ1) is 26.6. The number of guanidine groups is 1. The Bertz CT molecular complexity index is 820. The highest BCUT2D eigenvalue weighted by molar-refractivity contribution is 14.0. The SMILES string of the molecule is CN=C(NCc1ccc(OCC(F)(F)F)nc1)NCC(C)Oc1cccc(OC)c1.I. The van der Waals surface area contributed by atoms with Gasteiger partial charge in [-0.1, -0.05) is 12.1 Å². The largest absolute Gasteiger partial charge is 0.497 e. The molecule has 0 saturated heterocycles. The molecule has 172 valence electrons. The van der Waals surface area contributed by atoms with Crippen molar-refractivity contribution in [2.45, 2.75) is 25.7 Å². The molecule has 1 aromatic carbocycles. The maximum absolute atomic E-state index is 12.2. The van der Waals surface area contributed by atoms with Crippen LogP contribution in [-0.4, -0.2) is 50.5 Å². The number of rotatable bonds is 9. The second-order valence-electron chi connectivity index (χ2n) is 6.32. The van der Waals surface area contributed by atoms with Gasteiger partial charge in [0.2, 0.25) is 5.88 Å². The lowest BCUT2D eigenvalue weighted by atomic mass is 10.3. The molecule has 7 nitrogen and oxygen atoms in total. The molecule has 1 atom stereocenters. The molecule has 0 radical (unpaired) electrons. The third-order valence-corrected chi connectivity index (χ3v) is 3.80. The summed E-state index contributed by atoms with van der Waals surface area (Å²) in [6.45, 7) is 1.43. The first-order valence-electron chi connectivity index (χ1n) is 9.19. The first-order chi connectivity index (χ1) is 14.3. The van der Waals surface area contributed by atoms with Crippen molar-refractivity contribution in [3.8, 4) is 17.4 Å². The van der Waals surface area contributed by atoms with Gasteiger partial charge in [-0.25, -0.2) is 4.98 Å². The molecule has 11 heteroatoms. The first-order valence-corrected chi connectivity index (χ1v) is 9.19. The van der Waals surface area contributed by atoms with Crippen molar-refractivity contribution in [1.29, 1.82) is 0 Å². The van der Waals surface area contributed by atoms with Crippen LogP contribution in [0.1, 0.15) is 12.5 Å². The third-order valence-electron chi connectivity index (χ3n) is 3.80. The summed E-state index contributed by atoms with van der Waals surface area (Å²) < 4.78 is 52.1. The number of ether oxygens (including phenoxy) is 3. The van der Waals surface area contributed by atoms with E-state index in [2.05, 4.69) is 25.3 Å². The zero-order valence-corrected chi connectivity index (χ0v) is 19.7. The molecule has 31 heavy (non-hydrogen) atoms. The summed E-state index contributed by atoms with van der Waals surface area (Å²) in [6, 6.07) is 10.4. The van der Waals surface area contributed by atoms with E-state index < -0.39 is 12.8 Å². The van der Waals surface area contributed by atoms with E-state index in [1.165, 1.54) is 12.3 Å². The molecule has 2 rings (SSSR count). The number of nitrogens with one attached hydrogen (secondary N) is 2. The summed E-state index contributed by atoms with van der Waals surface area (Å²) >= 11 is 0. The number of methoxy groups -OCH3 is 1. The topological polar surface area (TPSA) is 77.0 Å². The molecular formula is C20H26F3IN4O3. The van der Waals surface area contributed by atoms with Crippen LogP contribution in [0, 0.1) is 0 Å². The molecule has 1 unspecified atom stereocenters. The van der Waals surface area contributed by atoms with Crippen molar-refractivity contribution in [2.75, 3.05) is 27.3 Å². The summed E-state index contributed by atoms with van der Waals surface area (Å²) in [7, 11) is 3.23. The highest BCUT2D eigenvalue weighted by atomic mass is 127. The molecule has 0 aliphatic carbocycles. The molecular weight excluding hydrogens is 528 g/mol.